The van der Waals surface area contributed by atoms with Gasteiger partial charge in [-0.05, 0) is 61.5 Å². The summed E-state index contributed by atoms with van der Waals surface area (Å²) in [5.41, 5.74) is 2.53. The van der Waals surface area contributed by atoms with Gasteiger partial charge in [-0.15, -0.1) is 0 Å². The Hall–Kier alpha value is -1.61. The number of likely N-dealkylation sites (tertiary alicyclic amines) is 1. The highest BCUT2D eigenvalue weighted by atomic mass is 16.1. The van der Waals surface area contributed by atoms with Gasteiger partial charge in [0.25, 0.3) is 0 Å². The second-order valence-electron chi connectivity index (χ2n) is 7.40. The molecule has 3 heteroatoms. The summed E-state index contributed by atoms with van der Waals surface area (Å²) >= 11 is 0. The van der Waals surface area contributed by atoms with Gasteiger partial charge in [-0.25, -0.2) is 0 Å². The maximum atomic E-state index is 11.8. The molecule has 3 nitrogen and oxygen atoms in total. The van der Waals surface area contributed by atoms with Crippen LogP contribution in [-0.2, 0) is 10.2 Å². The minimum atomic E-state index is -0.00804. The van der Waals surface area contributed by atoms with E-state index in [0.717, 1.165) is 25.1 Å². The van der Waals surface area contributed by atoms with E-state index in [2.05, 4.69) is 55.3 Å². The van der Waals surface area contributed by atoms with Crippen molar-refractivity contribution in [3.05, 3.63) is 41.5 Å². The van der Waals surface area contributed by atoms with Gasteiger partial charge >= 0.3 is 0 Å². The lowest BCUT2D eigenvalue weighted by molar-refractivity contribution is -0.116. The monoisotopic (exact) mass is 314 g/mol. The molecular weight excluding hydrogens is 284 g/mol. The minimum Gasteiger partial charge on any atom is -0.353 e. The second kappa shape index (κ2) is 8.30. The third-order valence-electron chi connectivity index (χ3n) is 4.35. The van der Waals surface area contributed by atoms with Crippen LogP contribution in [0.2, 0.25) is 0 Å². The molecule has 0 saturated carbocycles. The molecule has 1 aromatic carbocycles. The average molecular weight is 314 g/mol. The first kappa shape index (κ1) is 17.7. The third kappa shape index (κ3) is 6.19. The molecule has 1 heterocycles. The van der Waals surface area contributed by atoms with E-state index in [9.17, 15) is 4.79 Å². The lowest BCUT2D eigenvalue weighted by Gasteiger charge is -2.18. The normalized spacial score (nSPS) is 16.1. The Bertz CT molecular complexity index is 520. The lowest BCUT2D eigenvalue weighted by Crippen LogP contribution is -2.27. The van der Waals surface area contributed by atoms with E-state index in [1.807, 2.05) is 6.08 Å². The number of rotatable bonds is 6. The van der Waals surface area contributed by atoms with Crippen LogP contribution in [0.4, 0.5) is 0 Å². The van der Waals surface area contributed by atoms with Crippen molar-refractivity contribution in [1.29, 1.82) is 0 Å². The molecule has 0 aromatic heterocycles. The maximum Gasteiger partial charge on any atom is 0.243 e. The van der Waals surface area contributed by atoms with E-state index in [1.165, 1.54) is 31.5 Å². The average Bonchev–Trinajstić information content (AvgIpc) is 3.02. The first-order valence-electron chi connectivity index (χ1n) is 8.74. The van der Waals surface area contributed by atoms with Crippen molar-refractivity contribution >= 4 is 12.0 Å². The van der Waals surface area contributed by atoms with E-state index in [0.29, 0.717) is 0 Å². The predicted molar refractivity (Wildman–Crippen MR) is 97.5 cm³/mol. The number of hydrogen-bond donors (Lipinski definition) is 1. The van der Waals surface area contributed by atoms with Crippen LogP contribution in [0.1, 0.15) is 51.2 Å². The standard InChI is InChI=1S/C20H30N2O/c1-20(2,3)18-10-7-17(8-11-18)9-12-19(23)21-13-6-16-22-14-4-5-15-22/h7-12H,4-6,13-16H2,1-3H3,(H,21,23)/b12-9+. The molecule has 1 fully saturated rings. The molecule has 0 aliphatic carbocycles. The third-order valence-corrected chi connectivity index (χ3v) is 4.35. The smallest absolute Gasteiger partial charge is 0.243 e. The highest BCUT2D eigenvalue weighted by Crippen LogP contribution is 2.22. The van der Waals surface area contributed by atoms with Crippen LogP contribution in [0.15, 0.2) is 30.3 Å². The Labute approximate surface area is 140 Å². The van der Waals surface area contributed by atoms with Crippen LogP contribution in [0.5, 0.6) is 0 Å². The van der Waals surface area contributed by atoms with Crippen molar-refractivity contribution in [1.82, 2.24) is 10.2 Å². The number of carbonyl (C=O) groups is 1. The predicted octanol–water partition coefficient (Wildman–Crippen LogP) is 3.60. The van der Waals surface area contributed by atoms with Crippen LogP contribution in [0, 0.1) is 0 Å². The van der Waals surface area contributed by atoms with Crippen molar-refractivity contribution in [2.24, 2.45) is 0 Å². The van der Waals surface area contributed by atoms with E-state index < -0.39 is 0 Å². The summed E-state index contributed by atoms with van der Waals surface area (Å²) in [7, 11) is 0. The zero-order valence-corrected chi connectivity index (χ0v) is 14.8. The first-order valence-corrected chi connectivity index (χ1v) is 8.74. The van der Waals surface area contributed by atoms with Gasteiger partial charge < -0.3 is 10.2 Å². The van der Waals surface area contributed by atoms with Crippen LogP contribution in [-0.4, -0.2) is 37.0 Å². The molecule has 23 heavy (non-hydrogen) atoms. The van der Waals surface area contributed by atoms with E-state index >= 15 is 0 Å². The molecule has 0 atom stereocenters. The quantitative estimate of drug-likeness (QED) is 0.643. The molecule has 1 aliphatic heterocycles. The highest BCUT2D eigenvalue weighted by Gasteiger charge is 2.12. The van der Waals surface area contributed by atoms with E-state index in [1.54, 1.807) is 6.08 Å². The summed E-state index contributed by atoms with van der Waals surface area (Å²) in [5, 5.41) is 2.96. The summed E-state index contributed by atoms with van der Waals surface area (Å²) in [6.07, 6.45) is 7.18. The largest absolute Gasteiger partial charge is 0.353 e. The molecule has 1 amide bonds. The van der Waals surface area contributed by atoms with Crippen LogP contribution < -0.4 is 5.32 Å². The Morgan fingerprint density at radius 3 is 2.43 bits per heavy atom. The number of carbonyl (C=O) groups excluding carboxylic acids is 1. The van der Waals surface area contributed by atoms with Gasteiger partial charge in [-0.3, -0.25) is 4.79 Å². The Morgan fingerprint density at radius 1 is 1.17 bits per heavy atom. The highest BCUT2D eigenvalue weighted by molar-refractivity contribution is 5.91. The van der Waals surface area contributed by atoms with E-state index in [-0.39, 0.29) is 11.3 Å². The van der Waals surface area contributed by atoms with Crippen LogP contribution >= 0.6 is 0 Å². The summed E-state index contributed by atoms with van der Waals surface area (Å²) in [6.45, 7) is 10.9. The van der Waals surface area contributed by atoms with Crippen molar-refractivity contribution in [2.45, 2.75) is 45.4 Å². The molecule has 1 saturated heterocycles. The van der Waals surface area contributed by atoms with Crippen molar-refractivity contribution in [2.75, 3.05) is 26.2 Å². The molecular formula is C20H30N2O. The van der Waals surface area contributed by atoms with Gasteiger partial charge in [0.1, 0.15) is 0 Å². The van der Waals surface area contributed by atoms with Gasteiger partial charge in [0.2, 0.25) is 5.91 Å². The van der Waals surface area contributed by atoms with Gasteiger partial charge in [-0.1, -0.05) is 45.0 Å². The Kier molecular flexibility index (Phi) is 6.40. The molecule has 1 N–H and O–H groups in total. The van der Waals surface area contributed by atoms with Gasteiger partial charge in [0.05, 0.1) is 0 Å². The molecule has 1 aromatic rings. The molecule has 0 radical (unpaired) electrons. The fourth-order valence-corrected chi connectivity index (χ4v) is 2.85. The van der Waals surface area contributed by atoms with Crippen LogP contribution in [0.3, 0.4) is 0 Å². The summed E-state index contributed by atoms with van der Waals surface area (Å²) in [6, 6.07) is 8.40. The zero-order chi connectivity index (χ0) is 16.7. The fourth-order valence-electron chi connectivity index (χ4n) is 2.85. The lowest BCUT2D eigenvalue weighted by atomic mass is 9.87. The SMILES string of the molecule is CC(C)(C)c1ccc(/C=C/C(=O)NCCCN2CCCC2)cc1. The summed E-state index contributed by atoms with van der Waals surface area (Å²) < 4.78 is 0. The Morgan fingerprint density at radius 2 is 1.83 bits per heavy atom. The van der Waals surface area contributed by atoms with Crippen LogP contribution in [0.25, 0.3) is 6.08 Å². The number of nitrogens with one attached hydrogen (secondary N) is 1. The zero-order valence-electron chi connectivity index (χ0n) is 14.8. The summed E-state index contributed by atoms with van der Waals surface area (Å²) in [5.74, 6) is -0.00804. The van der Waals surface area contributed by atoms with Crippen molar-refractivity contribution in [3.63, 3.8) is 0 Å². The maximum absolute atomic E-state index is 11.8. The van der Waals surface area contributed by atoms with Gasteiger partial charge in [0, 0.05) is 12.6 Å². The topological polar surface area (TPSA) is 32.3 Å². The van der Waals surface area contributed by atoms with Crippen molar-refractivity contribution in [3.8, 4) is 0 Å². The molecule has 126 valence electrons. The number of amides is 1. The molecule has 0 spiro atoms. The number of hydrogen-bond acceptors (Lipinski definition) is 2. The van der Waals surface area contributed by atoms with Gasteiger partial charge in [-0.2, -0.15) is 0 Å². The molecule has 2 rings (SSSR count). The van der Waals surface area contributed by atoms with Gasteiger partial charge in [0.15, 0.2) is 0 Å². The van der Waals surface area contributed by atoms with Crippen molar-refractivity contribution < 1.29 is 4.79 Å². The molecule has 0 unspecified atom stereocenters. The molecule has 0 bridgehead atoms. The Balaban J connectivity index is 1.70. The minimum absolute atomic E-state index is 0.00804. The second-order valence-corrected chi connectivity index (χ2v) is 7.40. The summed E-state index contributed by atoms with van der Waals surface area (Å²) in [4.78, 5) is 14.3. The number of benzene rings is 1. The number of nitrogens with zero attached hydrogens (tertiary/aromatic N) is 1. The molecule has 1 aliphatic rings. The first-order chi connectivity index (χ1) is 10.9. The fraction of sp³-hybridized carbons (Fsp3) is 0.550. The van der Waals surface area contributed by atoms with E-state index in [4.69, 9.17) is 0 Å².